The van der Waals surface area contributed by atoms with Crippen molar-refractivity contribution in [2.24, 2.45) is 0 Å². The van der Waals surface area contributed by atoms with Gasteiger partial charge in [-0.15, -0.1) is 0 Å². The van der Waals surface area contributed by atoms with Gasteiger partial charge in [-0.25, -0.2) is 13.2 Å². The van der Waals surface area contributed by atoms with Crippen LogP contribution in [-0.2, 0) is 11.3 Å². The predicted molar refractivity (Wildman–Crippen MR) is 101 cm³/mol. The van der Waals surface area contributed by atoms with Crippen molar-refractivity contribution in [2.45, 2.75) is 19.5 Å². The smallest absolute Gasteiger partial charge is 0.282 e. The molecule has 1 amide bonds. The Kier molecular flexibility index (Phi) is 6.59. The number of piperazine rings is 1. The summed E-state index contributed by atoms with van der Waals surface area (Å²) in [6.45, 7) is 6.03. The van der Waals surface area contributed by atoms with Crippen molar-refractivity contribution in [2.75, 3.05) is 31.5 Å². The third-order valence-electron chi connectivity index (χ3n) is 5.27. The van der Waals surface area contributed by atoms with Gasteiger partial charge in [0.05, 0.1) is 5.69 Å². The Balaban J connectivity index is 1.53. The van der Waals surface area contributed by atoms with Crippen molar-refractivity contribution in [3.05, 3.63) is 64.4 Å². The summed E-state index contributed by atoms with van der Waals surface area (Å²) < 4.78 is 40.1. The molecule has 1 saturated heterocycles. The van der Waals surface area contributed by atoms with Gasteiger partial charge in [-0.05, 0) is 31.2 Å². The summed E-state index contributed by atoms with van der Waals surface area (Å²) in [6.07, 6.45) is 0. The van der Waals surface area contributed by atoms with Gasteiger partial charge in [-0.3, -0.25) is 4.79 Å². The standard InChI is InChI=1S/C20H21ClF3N3O/c1-13(20(28)25-17-7-6-16(22)18(23)19(17)24)27-10-8-26(9-11-27)12-14-2-4-15(21)5-3-14/h2-7,13H,8-12H2,1H3,(H,25,28)/p+2/t13-/m1/s1. The molecule has 0 unspecified atom stereocenters. The number of halogens is 4. The molecule has 1 heterocycles. The molecule has 150 valence electrons. The van der Waals surface area contributed by atoms with Gasteiger partial charge in [0, 0.05) is 10.6 Å². The fourth-order valence-electron chi connectivity index (χ4n) is 3.47. The van der Waals surface area contributed by atoms with Crippen LogP contribution >= 0.6 is 11.6 Å². The molecule has 0 bridgehead atoms. The molecule has 0 aliphatic carbocycles. The van der Waals surface area contributed by atoms with Crippen LogP contribution in [0.15, 0.2) is 36.4 Å². The SMILES string of the molecule is C[C@H](C(=O)Nc1ccc(F)c(F)c1F)[NH+]1CC[NH+](Cc2ccc(Cl)cc2)CC1. The van der Waals surface area contributed by atoms with E-state index in [1.165, 1.54) is 10.5 Å². The second-order valence-corrected chi connectivity index (χ2v) is 7.58. The first-order valence-electron chi connectivity index (χ1n) is 9.22. The van der Waals surface area contributed by atoms with Crippen LogP contribution in [0.2, 0.25) is 5.02 Å². The lowest BCUT2D eigenvalue weighted by Gasteiger charge is -2.32. The number of amides is 1. The molecule has 28 heavy (non-hydrogen) atoms. The average Bonchev–Trinajstić information content (AvgIpc) is 2.70. The minimum Gasteiger partial charge on any atom is -0.322 e. The zero-order valence-corrected chi connectivity index (χ0v) is 16.3. The van der Waals surface area contributed by atoms with E-state index in [9.17, 15) is 18.0 Å². The van der Waals surface area contributed by atoms with Crippen LogP contribution < -0.4 is 15.1 Å². The number of quaternary nitrogens is 2. The summed E-state index contributed by atoms with van der Waals surface area (Å²) >= 11 is 5.91. The van der Waals surface area contributed by atoms with Crippen LogP contribution in [0, 0.1) is 17.5 Å². The molecule has 2 aromatic carbocycles. The third kappa shape index (κ3) is 4.84. The Hall–Kier alpha value is -2.09. The van der Waals surface area contributed by atoms with E-state index in [1.807, 2.05) is 24.3 Å². The summed E-state index contributed by atoms with van der Waals surface area (Å²) in [4.78, 5) is 14.9. The number of nitrogens with one attached hydrogen (secondary N) is 3. The summed E-state index contributed by atoms with van der Waals surface area (Å²) in [5, 5.41) is 3.08. The molecule has 0 radical (unpaired) electrons. The lowest BCUT2D eigenvalue weighted by atomic mass is 10.1. The van der Waals surface area contributed by atoms with Gasteiger partial charge in [-0.1, -0.05) is 23.7 Å². The van der Waals surface area contributed by atoms with Crippen LogP contribution in [0.25, 0.3) is 0 Å². The van der Waals surface area contributed by atoms with Crippen molar-refractivity contribution >= 4 is 23.2 Å². The maximum Gasteiger partial charge on any atom is 0.282 e. The molecule has 1 atom stereocenters. The molecular weight excluding hydrogens is 391 g/mol. The summed E-state index contributed by atoms with van der Waals surface area (Å²) in [6, 6.07) is 9.18. The number of hydrogen-bond donors (Lipinski definition) is 3. The lowest BCUT2D eigenvalue weighted by molar-refractivity contribution is -1.02. The monoisotopic (exact) mass is 413 g/mol. The zero-order chi connectivity index (χ0) is 20.3. The number of benzene rings is 2. The highest BCUT2D eigenvalue weighted by Crippen LogP contribution is 2.19. The molecule has 0 aromatic heterocycles. The van der Waals surface area contributed by atoms with Crippen molar-refractivity contribution < 1.29 is 27.8 Å². The fraction of sp³-hybridized carbons (Fsp3) is 0.350. The van der Waals surface area contributed by atoms with Crippen molar-refractivity contribution in [3.63, 3.8) is 0 Å². The Morgan fingerprint density at radius 2 is 1.68 bits per heavy atom. The maximum absolute atomic E-state index is 13.8. The first-order valence-corrected chi connectivity index (χ1v) is 9.60. The minimum absolute atomic E-state index is 0.345. The molecule has 1 fully saturated rings. The quantitative estimate of drug-likeness (QED) is 0.630. The van der Waals surface area contributed by atoms with E-state index in [4.69, 9.17) is 11.6 Å². The molecule has 0 saturated carbocycles. The second kappa shape index (κ2) is 8.94. The van der Waals surface area contributed by atoms with Gasteiger partial charge >= 0.3 is 0 Å². The molecule has 3 rings (SSSR count). The number of hydrogen-bond acceptors (Lipinski definition) is 1. The van der Waals surface area contributed by atoms with Crippen LogP contribution in [0.1, 0.15) is 12.5 Å². The summed E-state index contributed by atoms with van der Waals surface area (Å²) in [5.41, 5.74) is 0.865. The first kappa shape index (κ1) is 20.6. The highest BCUT2D eigenvalue weighted by atomic mass is 35.5. The lowest BCUT2D eigenvalue weighted by Crippen LogP contribution is -3.29. The zero-order valence-electron chi connectivity index (χ0n) is 15.5. The topological polar surface area (TPSA) is 38.0 Å². The third-order valence-corrected chi connectivity index (χ3v) is 5.52. The number of carbonyl (C=O) groups excluding carboxylic acids is 1. The van der Waals surface area contributed by atoms with Crippen molar-refractivity contribution in [3.8, 4) is 0 Å². The van der Waals surface area contributed by atoms with E-state index in [0.717, 1.165) is 49.8 Å². The molecule has 2 aromatic rings. The minimum atomic E-state index is -1.59. The van der Waals surface area contributed by atoms with E-state index in [-0.39, 0.29) is 5.69 Å². The van der Waals surface area contributed by atoms with E-state index < -0.39 is 29.4 Å². The fourth-order valence-corrected chi connectivity index (χ4v) is 3.60. The highest BCUT2D eigenvalue weighted by Gasteiger charge is 2.31. The Bertz CT molecular complexity index is 839. The molecule has 0 spiro atoms. The van der Waals surface area contributed by atoms with E-state index >= 15 is 0 Å². The Labute approximate surface area is 166 Å². The predicted octanol–water partition coefficient (Wildman–Crippen LogP) is 1.07. The summed E-state index contributed by atoms with van der Waals surface area (Å²) in [5.74, 6) is -4.67. The molecular formula is C20H23ClF3N3O+2. The van der Waals surface area contributed by atoms with Gasteiger partial charge in [-0.2, -0.15) is 0 Å². The number of rotatable bonds is 5. The highest BCUT2D eigenvalue weighted by molar-refractivity contribution is 6.30. The van der Waals surface area contributed by atoms with E-state index in [2.05, 4.69) is 5.32 Å². The molecule has 4 nitrogen and oxygen atoms in total. The largest absolute Gasteiger partial charge is 0.322 e. The van der Waals surface area contributed by atoms with Crippen molar-refractivity contribution in [1.29, 1.82) is 0 Å². The van der Waals surface area contributed by atoms with Gasteiger partial charge in [0.2, 0.25) is 0 Å². The van der Waals surface area contributed by atoms with Gasteiger partial charge in [0.1, 0.15) is 32.7 Å². The number of anilines is 1. The van der Waals surface area contributed by atoms with Crippen LogP contribution in [0.5, 0.6) is 0 Å². The maximum atomic E-state index is 13.8. The van der Waals surface area contributed by atoms with Crippen LogP contribution in [-0.4, -0.2) is 38.1 Å². The van der Waals surface area contributed by atoms with Gasteiger partial charge in [0.15, 0.2) is 23.5 Å². The van der Waals surface area contributed by atoms with Gasteiger partial charge in [0.25, 0.3) is 5.91 Å². The van der Waals surface area contributed by atoms with Crippen molar-refractivity contribution in [1.82, 2.24) is 0 Å². The molecule has 3 N–H and O–H groups in total. The molecule has 1 aliphatic heterocycles. The summed E-state index contributed by atoms with van der Waals surface area (Å²) in [7, 11) is 0. The number of carbonyl (C=O) groups is 1. The van der Waals surface area contributed by atoms with E-state index in [1.54, 1.807) is 6.92 Å². The molecule has 1 aliphatic rings. The Morgan fingerprint density at radius 3 is 2.32 bits per heavy atom. The normalized spacial score (nSPS) is 20.6. The second-order valence-electron chi connectivity index (χ2n) is 7.15. The van der Waals surface area contributed by atoms with Gasteiger partial charge < -0.3 is 15.1 Å². The Morgan fingerprint density at radius 1 is 1.04 bits per heavy atom. The van der Waals surface area contributed by atoms with Crippen LogP contribution in [0.3, 0.4) is 0 Å². The van der Waals surface area contributed by atoms with Crippen LogP contribution in [0.4, 0.5) is 18.9 Å². The first-order chi connectivity index (χ1) is 13.3. The average molecular weight is 414 g/mol. The molecule has 8 heteroatoms. The van der Waals surface area contributed by atoms with E-state index in [0.29, 0.717) is 5.02 Å².